The molecular weight excluding hydrogens is 236 g/mol. The third-order valence-corrected chi connectivity index (χ3v) is 4.39. The van der Waals surface area contributed by atoms with E-state index in [1.165, 1.54) is 5.56 Å². The van der Waals surface area contributed by atoms with E-state index in [4.69, 9.17) is 5.73 Å². The minimum Gasteiger partial charge on any atom is -0.329 e. The molecule has 1 aromatic rings. The number of benzene rings is 1. The summed E-state index contributed by atoms with van der Waals surface area (Å²) in [5.74, 6) is 0. The molecule has 0 bridgehead atoms. The molecule has 1 unspecified atom stereocenters. The van der Waals surface area contributed by atoms with Crippen LogP contribution < -0.4 is 10.5 Å². The van der Waals surface area contributed by atoms with Crippen LogP contribution >= 0.6 is 0 Å². The Morgan fingerprint density at radius 2 is 1.88 bits per heavy atom. The maximum Gasteiger partial charge on any atom is 0.236 e. The van der Waals surface area contributed by atoms with Crippen molar-refractivity contribution in [3.63, 3.8) is 0 Å². The molecule has 1 aromatic carbocycles. The summed E-state index contributed by atoms with van der Waals surface area (Å²) in [7, 11) is -3.36. The molecule has 0 amide bonds. The molecule has 1 rings (SSSR count). The first-order valence-electron chi connectivity index (χ1n) is 5.80. The lowest BCUT2D eigenvalue weighted by Crippen LogP contribution is -2.31. The Kier molecular flexibility index (Phi) is 4.96. The lowest BCUT2D eigenvalue weighted by molar-refractivity contribution is 0.589. The first kappa shape index (κ1) is 14.0. The van der Waals surface area contributed by atoms with Crippen molar-refractivity contribution in [2.24, 2.45) is 5.73 Å². The van der Waals surface area contributed by atoms with E-state index in [0.717, 1.165) is 12.8 Å². The third-order valence-electron chi connectivity index (χ3n) is 2.61. The van der Waals surface area contributed by atoms with Crippen molar-refractivity contribution in [1.82, 2.24) is 0 Å². The fraction of sp³-hybridized carbons (Fsp3) is 0.500. The average Bonchev–Trinajstić information content (AvgIpc) is 2.30. The molecule has 5 heteroatoms. The lowest BCUT2D eigenvalue weighted by Gasteiger charge is -2.13. The molecule has 0 radical (unpaired) electrons. The van der Waals surface area contributed by atoms with Gasteiger partial charge in [-0.05, 0) is 31.0 Å². The Balaban J connectivity index is 2.75. The van der Waals surface area contributed by atoms with Crippen molar-refractivity contribution < 1.29 is 8.42 Å². The van der Waals surface area contributed by atoms with Crippen LogP contribution in [0.5, 0.6) is 0 Å². The molecule has 0 aliphatic rings. The molecular formula is C12H20N2O2S. The molecule has 1 atom stereocenters. The van der Waals surface area contributed by atoms with Crippen molar-refractivity contribution in [3.8, 4) is 0 Å². The first-order valence-corrected chi connectivity index (χ1v) is 7.35. The summed E-state index contributed by atoms with van der Waals surface area (Å²) in [6.07, 6.45) is 2.08. The Morgan fingerprint density at radius 1 is 1.29 bits per heavy atom. The van der Waals surface area contributed by atoms with Gasteiger partial charge in [0.25, 0.3) is 0 Å². The van der Waals surface area contributed by atoms with E-state index >= 15 is 0 Å². The standard InChI is InChI=1S/C12H20N2O2S/c1-3-4-11-5-7-12(8-6-11)14-17(15,16)10(2)9-13/h5-8,10,14H,3-4,9,13H2,1-2H3. The predicted octanol–water partition coefficient (Wildman–Crippen LogP) is 1.73. The molecule has 3 N–H and O–H groups in total. The number of aryl methyl sites for hydroxylation is 1. The Morgan fingerprint density at radius 3 is 2.35 bits per heavy atom. The zero-order chi connectivity index (χ0) is 12.9. The number of nitrogens with one attached hydrogen (secondary N) is 1. The third kappa shape index (κ3) is 4.02. The van der Waals surface area contributed by atoms with Crippen molar-refractivity contribution in [2.75, 3.05) is 11.3 Å². The second-order valence-corrected chi connectivity index (χ2v) is 6.24. The minimum atomic E-state index is -3.36. The van der Waals surface area contributed by atoms with Gasteiger partial charge < -0.3 is 5.73 Å². The summed E-state index contributed by atoms with van der Waals surface area (Å²) >= 11 is 0. The van der Waals surface area contributed by atoms with E-state index in [-0.39, 0.29) is 6.54 Å². The van der Waals surface area contributed by atoms with E-state index < -0.39 is 15.3 Å². The van der Waals surface area contributed by atoms with Gasteiger partial charge in [0.1, 0.15) is 0 Å². The van der Waals surface area contributed by atoms with E-state index in [0.29, 0.717) is 5.69 Å². The fourth-order valence-corrected chi connectivity index (χ4v) is 2.34. The molecule has 0 fully saturated rings. The highest BCUT2D eigenvalue weighted by Gasteiger charge is 2.18. The quantitative estimate of drug-likeness (QED) is 0.814. The van der Waals surface area contributed by atoms with Gasteiger partial charge in [0.2, 0.25) is 10.0 Å². The van der Waals surface area contributed by atoms with Gasteiger partial charge in [-0.3, -0.25) is 4.72 Å². The maximum absolute atomic E-state index is 11.8. The lowest BCUT2D eigenvalue weighted by atomic mass is 10.1. The number of anilines is 1. The van der Waals surface area contributed by atoms with Crippen LogP contribution in [0.15, 0.2) is 24.3 Å². The highest BCUT2D eigenvalue weighted by atomic mass is 32.2. The molecule has 0 saturated heterocycles. The van der Waals surface area contributed by atoms with E-state index in [2.05, 4.69) is 11.6 Å². The molecule has 0 aliphatic carbocycles. The smallest absolute Gasteiger partial charge is 0.236 e. The van der Waals surface area contributed by atoms with Gasteiger partial charge in [-0.2, -0.15) is 0 Å². The van der Waals surface area contributed by atoms with Crippen LogP contribution in [0.3, 0.4) is 0 Å². The molecule has 0 spiro atoms. The molecule has 0 saturated carbocycles. The molecule has 0 aliphatic heterocycles. The zero-order valence-corrected chi connectivity index (χ0v) is 11.1. The van der Waals surface area contributed by atoms with Crippen LogP contribution in [0.2, 0.25) is 0 Å². The van der Waals surface area contributed by atoms with Crippen molar-refractivity contribution in [1.29, 1.82) is 0 Å². The number of sulfonamides is 1. The largest absolute Gasteiger partial charge is 0.329 e. The van der Waals surface area contributed by atoms with Gasteiger partial charge >= 0.3 is 0 Å². The second kappa shape index (κ2) is 6.02. The zero-order valence-electron chi connectivity index (χ0n) is 10.3. The summed E-state index contributed by atoms with van der Waals surface area (Å²) in [4.78, 5) is 0. The van der Waals surface area contributed by atoms with Crippen molar-refractivity contribution >= 4 is 15.7 Å². The predicted molar refractivity (Wildman–Crippen MR) is 71.5 cm³/mol. The van der Waals surface area contributed by atoms with Gasteiger partial charge in [-0.15, -0.1) is 0 Å². The van der Waals surface area contributed by atoms with Gasteiger partial charge in [0.05, 0.1) is 5.25 Å². The van der Waals surface area contributed by atoms with Crippen LogP contribution in [0.4, 0.5) is 5.69 Å². The van der Waals surface area contributed by atoms with Crippen LogP contribution in [0.25, 0.3) is 0 Å². The van der Waals surface area contributed by atoms with E-state index in [1.54, 1.807) is 19.1 Å². The topological polar surface area (TPSA) is 72.2 Å². The number of hydrogen-bond acceptors (Lipinski definition) is 3. The van der Waals surface area contributed by atoms with Crippen molar-refractivity contribution in [3.05, 3.63) is 29.8 Å². The fourth-order valence-electron chi connectivity index (χ4n) is 1.42. The SMILES string of the molecule is CCCc1ccc(NS(=O)(=O)C(C)CN)cc1. The Bertz CT molecular complexity index is 440. The number of nitrogens with two attached hydrogens (primary N) is 1. The first-order chi connectivity index (χ1) is 7.99. The van der Waals surface area contributed by atoms with Crippen LogP contribution in [0, 0.1) is 0 Å². The molecule has 17 heavy (non-hydrogen) atoms. The normalized spacial score (nSPS) is 13.4. The summed E-state index contributed by atoms with van der Waals surface area (Å²) in [6, 6.07) is 7.44. The highest BCUT2D eigenvalue weighted by Crippen LogP contribution is 2.14. The van der Waals surface area contributed by atoms with Crippen LogP contribution in [-0.2, 0) is 16.4 Å². The molecule has 4 nitrogen and oxygen atoms in total. The monoisotopic (exact) mass is 256 g/mol. The molecule has 0 heterocycles. The van der Waals surface area contributed by atoms with E-state index in [9.17, 15) is 8.42 Å². The number of hydrogen-bond donors (Lipinski definition) is 2. The Hall–Kier alpha value is -1.07. The highest BCUT2D eigenvalue weighted by molar-refractivity contribution is 7.93. The summed E-state index contributed by atoms with van der Waals surface area (Å²) < 4.78 is 26.0. The Labute approximate surface area is 103 Å². The second-order valence-electron chi connectivity index (χ2n) is 4.14. The summed E-state index contributed by atoms with van der Waals surface area (Å²) in [6.45, 7) is 3.82. The van der Waals surface area contributed by atoms with Crippen LogP contribution in [-0.4, -0.2) is 20.2 Å². The van der Waals surface area contributed by atoms with Crippen molar-refractivity contribution in [2.45, 2.75) is 31.9 Å². The maximum atomic E-state index is 11.8. The molecule has 96 valence electrons. The molecule has 0 aromatic heterocycles. The van der Waals surface area contributed by atoms with Crippen LogP contribution in [0.1, 0.15) is 25.8 Å². The van der Waals surface area contributed by atoms with Gasteiger partial charge in [0, 0.05) is 12.2 Å². The average molecular weight is 256 g/mol. The van der Waals surface area contributed by atoms with Gasteiger partial charge in [-0.25, -0.2) is 8.42 Å². The summed E-state index contributed by atoms with van der Waals surface area (Å²) in [5, 5.41) is -0.585. The van der Waals surface area contributed by atoms with Gasteiger partial charge in [0.15, 0.2) is 0 Å². The van der Waals surface area contributed by atoms with Gasteiger partial charge in [-0.1, -0.05) is 25.5 Å². The number of rotatable bonds is 6. The van der Waals surface area contributed by atoms with E-state index in [1.807, 2.05) is 12.1 Å². The summed E-state index contributed by atoms with van der Waals surface area (Å²) in [5.41, 5.74) is 7.15. The minimum absolute atomic E-state index is 0.114.